The lowest BCUT2D eigenvalue weighted by atomic mass is 10.0. The van der Waals surface area contributed by atoms with Crippen molar-refractivity contribution in [2.24, 2.45) is 0 Å². The van der Waals surface area contributed by atoms with Crippen LogP contribution in [0.2, 0.25) is 0 Å². The van der Waals surface area contributed by atoms with E-state index >= 15 is 0 Å². The smallest absolute Gasteiger partial charge is 0.151 e. The SMILES string of the molecule is C.CC(C)Oc1ccc(N)c(C(=N)c2cc(N3CCSCC3)n[nH]2)c1.O.[HH]. The van der Waals surface area contributed by atoms with Gasteiger partial charge in [0, 0.05) is 43.3 Å². The Bertz CT molecular complexity index is 732. The molecule has 1 aromatic carbocycles. The first-order valence-corrected chi connectivity index (χ1v) is 9.23. The first kappa shape index (κ1) is 21.9. The maximum atomic E-state index is 8.49. The Kier molecular flexibility index (Phi) is 7.98. The number of benzene rings is 1. The standard InChI is InChI=1S/C17H23N5OS.CH4.H2O.H2/c1-11(2)23-12-3-4-14(18)13(9-12)17(19)15-10-16(21-20-15)22-5-7-24-8-6-22;;;/h3-4,9-11,19H,5-8,18H2,1-2H3,(H,20,21);1H4;1H2;1H. The Morgan fingerprint density at radius 1 is 1.35 bits per heavy atom. The van der Waals surface area contributed by atoms with E-state index in [1.54, 1.807) is 6.07 Å². The summed E-state index contributed by atoms with van der Waals surface area (Å²) in [7, 11) is 0. The van der Waals surface area contributed by atoms with Crippen LogP contribution in [0.15, 0.2) is 24.3 Å². The normalized spacial score (nSPS) is 13.7. The molecule has 6 N–H and O–H groups in total. The summed E-state index contributed by atoms with van der Waals surface area (Å²) in [5.41, 5.74) is 8.26. The molecule has 0 bridgehead atoms. The van der Waals surface area contributed by atoms with Crippen molar-refractivity contribution in [3.8, 4) is 5.75 Å². The van der Waals surface area contributed by atoms with Crippen molar-refractivity contribution < 1.29 is 11.6 Å². The van der Waals surface area contributed by atoms with E-state index in [0.29, 0.717) is 28.4 Å². The summed E-state index contributed by atoms with van der Waals surface area (Å²) in [5, 5.41) is 15.8. The third-order valence-corrected chi connectivity index (χ3v) is 4.78. The molecule has 1 fully saturated rings. The molecule has 7 nitrogen and oxygen atoms in total. The van der Waals surface area contributed by atoms with Crippen LogP contribution in [-0.4, -0.2) is 52.1 Å². The molecule has 0 spiro atoms. The maximum absolute atomic E-state index is 8.49. The number of rotatable bonds is 5. The quantitative estimate of drug-likeness (QED) is 0.543. The first-order valence-electron chi connectivity index (χ1n) is 8.08. The molecule has 0 unspecified atom stereocenters. The highest BCUT2D eigenvalue weighted by Crippen LogP contribution is 2.24. The van der Waals surface area contributed by atoms with E-state index in [0.717, 1.165) is 30.4 Å². The summed E-state index contributed by atoms with van der Waals surface area (Å²) in [6, 6.07) is 7.35. The number of anilines is 2. The fraction of sp³-hybridized carbons (Fsp3) is 0.444. The number of hydrogen-bond donors (Lipinski definition) is 3. The van der Waals surface area contributed by atoms with Gasteiger partial charge in [-0.15, -0.1) is 0 Å². The van der Waals surface area contributed by atoms with Gasteiger partial charge < -0.3 is 20.8 Å². The Hall–Kier alpha value is -2.19. The number of nitrogens with one attached hydrogen (secondary N) is 2. The number of nitrogens with two attached hydrogens (primary N) is 1. The minimum atomic E-state index is 0. The zero-order valence-corrected chi connectivity index (χ0v) is 15.3. The molecular weight excluding hydrogens is 350 g/mol. The van der Waals surface area contributed by atoms with Gasteiger partial charge >= 0.3 is 0 Å². The lowest BCUT2D eigenvalue weighted by molar-refractivity contribution is 0.242. The molecule has 2 heterocycles. The average molecular weight is 382 g/mol. The molecular formula is C18H31N5O2S. The van der Waals surface area contributed by atoms with E-state index in [4.69, 9.17) is 15.9 Å². The molecule has 146 valence electrons. The van der Waals surface area contributed by atoms with Crippen LogP contribution in [0, 0.1) is 5.41 Å². The lowest BCUT2D eigenvalue weighted by Gasteiger charge is -2.25. The second-order valence-electron chi connectivity index (χ2n) is 6.03. The van der Waals surface area contributed by atoms with Crippen LogP contribution in [0.3, 0.4) is 0 Å². The van der Waals surface area contributed by atoms with Crippen molar-refractivity contribution in [3.63, 3.8) is 0 Å². The molecule has 8 heteroatoms. The van der Waals surface area contributed by atoms with Gasteiger partial charge in [0.15, 0.2) is 5.82 Å². The van der Waals surface area contributed by atoms with Gasteiger partial charge in [0.05, 0.1) is 17.5 Å². The van der Waals surface area contributed by atoms with E-state index in [1.807, 2.05) is 43.8 Å². The Balaban J connectivity index is 0.00000225. The largest absolute Gasteiger partial charge is 0.491 e. The van der Waals surface area contributed by atoms with Crippen molar-refractivity contribution in [1.29, 1.82) is 5.41 Å². The summed E-state index contributed by atoms with van der Waals surface area (Å²) in [6.07, 6.45) is 0.0754. The van der Waals surface area contributed by atoms with Crippen molar-refractivity contribution >= 4 is 29.0 Å². The molecule has 3 rings (SSSR count). The van der Waals surface area contributed by atoms with Crippen molar-refractivity contribution in [2.75, 3.05) is 35.2 Å². The molecule has 0 amide bonds. The zero-order chi connectivity index (χ0) is 17.1. The fourth-order valence-electron chi connectivity index (χ4n) is 2.64. The molecule has 26 heavy (non-hydrogen) atoms. The fourth-order valence-corrected chi connectivity index (χ4v) is 3.54. The minimum absolute atomic E-state index is 0. The van der Waals surface area contributed by atoms with Gasteiger partial charge in [-0.2, -0.15) is 16.9 Å². The average Bonchev–Trinajstić information content (AvgIpc) is 3.06. The third-order valence-electron chi connectivity index (χ3n) is 3.83. The zero-order valence-electron chi connectivity index (χ0n) is 14.5. The molecule has 0 radical (unpaired) electrons. The van der Waals surface area contributed by atoms with Gasteiger partial charge in [0.1, 0.15) is 5.75 Å². The van der Waals surface area contributed by atoms with Gasteiger partial charge in [0.2, 0.25) is 0 Å². The van der Waals surface area contributed by atoms with Crippen molar-refractivity contribution in [1.82, 2.24) is 10.2 Å². The Morgan fingerprint density at radius 3 is 2.69 bits per heavy atom. The summed E-state index contributed by atoms with van der Waals surface area (Å²) in [4.78, 5) is 2.24. The van der Waals surface area contributed by atoms with Gasteiger partial charge in [-0.3, -0.25) is 10.5 Å². The number of thioether (sulfide) groups is 1. The molecule has 1 aliphatic rings. The predicted molar refractivity (Wildman–Crippen MR) is 113 cm³/mol. The van der Waals surface area contributed by atoms with Crippen LogP contribution in [0.25, 0.3) is 0 Å². The van der Waals surface area contributed by atoms with Gasteiger partial charge in [-0.1, -0.05) is 7.43 Å². The van der Waals surface area contributed by atoms with E-state index < -0.39 is 0 Å². The van der Waals surface area contributed by atoms with Crippen molar-refractivity contribution in [3.05, 3.63) is 35.5 Å². The summed E-state index contributed by atoms with van der Waals surface area (Å²) < 4.78 is 5.71. The van der Waals surface area contributed by atoms with E-state index in [9.17, 15) is 0 Å². The number of hydrogen-bond acceptors (Lipinski definition) is 6. The predicted octanol–water partition coefficient (Wildman–Crippen LogP) is 2.81. The van der Waals surface area contributed by atoms with E-state index in [2.05, 4.69) is 15.1 Å². The van der Waals surface area contributed by atoms with Crippen LogP contribution < -0.4 is 15.4 Å². The number of aromatic amines is 1. The topological polar surface area (TPSA) is 123 Å². The Labute approximate surface area is 160 Å². The monoisotopic (exact) mass is 381 g/mol. The van der Waals surface area contributed by atoms with Gasteiger partial charge in [0.25, 0.3) is 0 Å². The molecule has 1 aliphatic heterocycles. The molecule has 0 atom stereocenters. The van der Waals surface area contributed by atoms with Gasteiger partial charge in [-0.05, 0) is 32.0 Å². The molecule has 0 saturated carbocycles. The lowest BCUT2D eigenvalue weighted by Crippen LogP contribution is -2.32. The second kappa shape index (κ2) is 9.49. The number of ether oxygens (including phenoxy) is 1. The molecule has 2 aromatic rings. The second-order valence-corrected chi connectivity index (χ2v) is 7.25. The number of nitrogens with zero attached hydrogens (tertiary/aromatic N) is 2. The van der Waals surface area contributed by atoms with Crippen LogP contribution in [-0.2, 0) is 0 Å². The van der Waals surface area contributed by atoms with Crippen LogP contribution >= 0.6 is 11.8 Å². The molecule has 0 aliphatic carbocycles. The number of nitrogen functional groups attached to an aromatic ring is 1. The van der Waals surface area contributed by atoms with Crippen LogP contribution in [0.5, 0.6) is 5.75 Å². The first-order chi connectivity index (χ1) is 11.5. The highest BCUT2D eigenvalue weighted by molar-refractivity contribution is 7.99. The van der Waals surface area contributed by atoms with Crippen LogP contribution in [0.1, 0.15) is 34.0 Å². The summed E-state index contributed by atoms with van der Waals surface area (Å²) >= 11 is 1.96. The minimum Gasteiger partial charge on any atom is -0.491 e. The highest BCUT2D eigenvalue weighted by Gasteiger charge is 2.17. The van der Waals surface area contributed by atoms with E-state index in [1.165, 1.54) is 0 Å². The van der Waals surface area contributed by atoms with Crippen LogP contribution in [0.4, 0.5) is 11.5 Å². The van der Waals surface area contributed by atoms with E-state index in [-0.39, 0.29) is 20.4 Å². The van der Waals surface area contributed by atoms with Gasteiger partial charge in [-0.25, -0.2) is 0 Å². The van der Waals surface area contributed by atoms with Crippen molar-refractivity contribution in [2.45, 2.75) is 27.4 Å². The highest BCUT2D eigenvalue weighted by atomic mass is 32.2. The summed E-state index contributed by atoms with van der Waals surface area (Å²) in [5.74, 6) is 3.83. The number of aromatic nitrogens is 2. The Morgan fingerprint density at radius 2 is 2.04 bits per heavy atom. The molecule has 1 aromatic heterocycles. The third kappa shape index (κ3) is 4.92. The molecule has 1 saturated heterocycles. The summed E-state index contributed by atoms with van der Waals surface area (Å²) in [6.45, 7) is 5.92. The maximum Gasteiger partial charge on any atom is 0.151 e. The number of H-pyrrole nitrogens is 1.